The topological polar surface area (TPSA) is 85.9 Å². The van der Waals surface area contributed by atoms with E-state index < -0.39 is 6.04 Å². The van der Waals surface area contributed by atoms with Crippen LogP contribution in [-0.2, 0) is 17.8 Å². The first-order valence-electron chi connectivity index (χ1n) is 15.4. The van der Waals surface area contributed by atoms with E-state index in [-0.39, 0.29) is 30.2 Å². The van der Waals surface area contributed by atoms with Gasteiger partial charge in [-0.25, -0.2) is 0 Å². The van der Waals surface area contributed by atoms with Crippen molar-refractivity contribution in [3.05, 3.63) is 95.9 Å². The summed E-state index contributed by atoms with van der Waals surface area (Å²) in [4.78, 5) is 30.1. The molecular formula is C36H39N3O5. The van der Waals surface area contributed by atoms with Gasteiger partial charge < -0.3 is 28.7 Å². The third-order valence-electron chi connectivity index (χ3n) is 8.77. The fourth-order valence-electron chi connectivity index (χ4n) is 6.58. The van der Waals surface area contributed by atoms with Gasteiger partial charge >= 0.3 is 0 Å². The summed E-state index contributed by atoms with van der Waals surface area (Å²) in [5, 5.41) is 5.47. The number of fused-ring (bicyclic) bond motifs is 3. The van der Waals surface area contributed by atoms with Gasteiger partial charge in [-0.05, 0) is 79.8 Å². The molecule has 0 aliphatic heterocycles. The van der Waals surface area contributed by atoms with Crippen molar-refractivity contribution in [2.75, 3.05) is 20.8 Å². The summed E-state index contributed by atoms with van der Waals surface area (Å²) in [5.74, 6) is 0.927. The Bertz CT molecular complexity index is 1770. The molecule has 1 N–H and O–H groups in total. The van der Waals surface area contributed by atoms with E-state index in [2.05, 4.69) is 41.1 Å². The minimum absolute atomic E-state index is 0.0992. The van der Waals surface area contributed by atoms with Crippen molar-refractivity contribution in [2.45, 2.75) is 57.7 Å². The molecule has 0 bridgehead atoms. The van der Waals surface area contributed by atoms with Crippen LogP contribution in [0.5, 0.6) is 11.5 Å². The second-order valence-electron chi connectivity index (χ2n) is 11.3. The van der Waals surface area contributed by atoms with E-state index >= 15 is 0 Å². The van der Waals surface area contributed by atoms with Crippen molar-refractivity contribution in [3.8, 4) is 11.5 Å². The van der Waals surface area contributed by atoms with Gasteiger partial charge in [0.15, 0.2) is 17.3 Å². The van der Waals surface area contributed by atoms with Gasteiger partial charge in [0.1, 0.15) is 6.04 Å². The van der Waals surface area contributed by atoms with E-state index in [0.717, 1.165) is 65.2 Å². The monoisotopic (exact) mass is 593 g/mol. The Morgan fingerprint density at radius 1 is 0.932 bits per heavy atom. The number of aryl methyl sites for hydroxylation is 1. The van der Waals surface area contributed by atoms with Gasteiger partial charge in [-0.1, -0.05) is 43.2 Å². The van der Waals surface area contributed by atoms with E-state index in [1.807, 2.05) is 36.4 Å². The average Bonchev–Trinajstić information content (AvgIpc) is 3.83. The molecule has 3 aromatic carbocycles. The number of furan rings is 1. The molecule has 0 radical (unpaired) electrons. The third-order valence-corrected chi connectivity index (χ3v) is 8.77. The molecule has 0 saturated heterocycles. The van der Waals surface area contributed by atoms with Gasteiger partial charge in [0.25, 0.3) is 5.91 Å². The molecular weight excluding hydrogens is 554 g/mol. The first-order valence-corrected chi connectivity index (χ1v) is 15.4. The minimum atomic E-state index is -0.860. The zero-order valence-electron chi connectivity index (χ0n) is 25.5. The van der Waals surface area contributed by atoms with Crippen LogP contribution in [0.4, 0.5) is 0 Å². The van der Waals surface area contributed by atoms with Gasteiger partial charge in [0, 0.05) is 40.9 Å². The third kappa shape index (κ3) is 5.64. The van der Waals surface area contributed by atoms with Crippen molar-refractivity contribution in [3.63, 3.8) is 0 Å². The predicted octanol–water partition coefficient (Wildman–Crippen LogP) is 6.91. The molecule has 1 aliphatic rings. The fraction of sp³-hybridized carbons (Fsp3) is 0.333. The Balaban J connectivity index is 1.44. The fourth-order valence-corrected chi connectivity index (χ4v) is 6.58. The van der Waals surface area contributed by atoms with E-state index in [9.17, 15) is 9.59 Å². The number of amides is 2. The summed E-state index contributed by atoms with van der Waals surface area (Å²) >= 11 is 0. The largest absolute Gasteiger partial charge is 0.493 e. The van der Waals surface area contributed by atoms with Crippen molar-refractivity contribution in [1.29, 1.82) is 0 Å². The highest BCUT2D eigenvalue weighted by Gasteiger charge is 2.35. The van der Waals surface area contributed by atoms with Gasteiger partial charge in [-0.2, -0.15) is 0 Å². The second-order valence-corrected chi connectivity index (χ2v) is 11.3. The van der Waals surface area contributed by atoms with Crippen LogP contribution >= 0.6 is 0 Å². The van der Waals surface area contributed by atoms with Gasteiger partial charge in [-0.3, -0.25) is 9.59 Å². The lowest BCUT2D eigenvalue weighted by molar-refractivity contribution is -0.126. The number of rotatable bonds is 11. The molecule has 0 spiro atoms. The molecule has 0 unspecified atom stereocenters. The quantitative estimate of drug-likeness (QED) is 0.180. The second kappa shape index (κ2) is 12.9. The van der Waals surface area contributed by atoms with E-state index in [0.29, 0.717) is 17.9 Å². The molecule has 228 valence electrons. The maximum Gasteiger partial charge on any atom is 0.290 e. The van der Waals surface area contributed by atoms with Crippen LogP contribution in [0.25, 0.3) is 21.8 Å². The van der Waals surface area contributed by atoms with Crippen molar-refractivity contribution in [1.82, 2.24) is 14.8 Å². The maximum absolute atomic E-state index is 14.3. The summed E-state index contributed by atoms with van der Waals surface area (Å²) in [6, 6.07) is 22.8. The first-order chi connectivity index (χ1) is 21.5. The molecule has 44 heavy (non-hydrogen) atoms. The van der Waals surface area contributed by atoms with E-state index in [1.165, 1.54) is 6.26 Å². The van der Waals surface area contributed by atoms with Crippen molar-refractivity contribution < 1.29 is 23.5 Å². The zero-order chi connectivity index (χ0) is 30.6. The number of hydrogen-bond acceptors (Lipinski definition) is 5. The Morgan fingerprint density at radius 3 is 2.43 bits per heavy atom. The van der Waals surface area contributed by atoms with Crippen molar-refractivity contribution in [2.24, 2.45) is 0 Å². The van der Waals surface area contributed by atoms with Crippen LogP contribution < -0.4 is 14.8 Å². The van der Waals surface area contributed by atoms with Crippen molar-refractivity contribution >= 4 is 33.6 Å². The number of ether oxygens (including phenoxy) is 2. The molecule has 1 aliphatic carbocycles. The Labute approximate surface area is 257 Å². The summed E-state index contributed by atoms with van der Waals surface area (Å²) in [5.41, 5.74) is 3.96. The van der Waals surface area contributed by atoms with E-state index in [4.69, 9.17) is 13.9 Å². The Morgan fingerprint density at radius 2 is 1.70 bits per heavy atom. The zero-order valence-corrected chi connectivity index (χ0v) is 25.5. The minimum Gasteiger partial charge on any atom is -0.493 e. The van der Waals surface area contributed by atoms with E-state index in [1.54, 1.807) is 31.3 Å². The number of nitrogens with zero attached hydrogens (tertiary/aromatic N) is 2. The molecule has 8 heteroatoms. The molecule has 1 saturated carbocycles. The standard InChI is InChI=1S/C36H39N3O5/c1-4-38-29-13-8-7-12-27(29)28-23-25(16-17-30(28)38)34(35(40)37-26-10-5-6-11-26)39(36(41)32-14-9-21-44-32)20-19-24-15-18-31(42-2)33(22-24)43-3/h7-9,12-18,21-23,26,34H,4-6,10-11,19-20H2,1-3H3,(H,37,40)/t34-/m1/s1. The number of benzene rings is 3. The highest BCUT2D eigenvalue weighted by Crippen LogP contribution is 2.34. The normalized spacial score (nSPS) is 14.2. The number of hydrogen-bond donors (Lipinski definition) is 1. The SMILES string of the molecule is CCn1c2ccccc2c2cc([C@H](C(=O)NC3CCCC3)N(CCc3ccc(OC)c(OC)c3)C(=O)c3ccco3)ccc21. The molecule has 2 aromatic heterocycles. The van der Waals surface area contributed by atoms with Crippen LogP contribution in [0, 0.1) is 0 Å². The molecule has 5 aromatic rings. The summed E-state index contributed by atoms with van der Waals surface area (Å²) in [6.07, 6.45) is 6.05. The van der Waals surface area contributed by atoms with Crippen LogP contribution in [-0.4, -0.2) is 48.1 Å². The highest BCUT2D eigenvalue weighted by molar-refractivity contribution is 6.08. The van der Waals surface area contributed by atoms with Crippen LogP contribution in [0.15, 0.2) is 83.5 Å². The summed E-state index contributed by atoms with van der Waals surface area (Å²) in [7, 11) is 3.20. The molecule has 1 fully saturated rings. The van der Waals surface area contributed by atoms with Crippen LogP contribution in [0.1, 0.15) is 60.3 Å². The molecule has 2 heterocycles. The average molecular weight is 594 g/mol. The predicted molar refractivity (Wildman–Crippen MR) is 171 cm³/mol. The van der Waals surface area contributed by atoms with Gasteiger partial charge in [0.05, 0.1) is 20.5 Å². The Kier molecular flexibility index (Phi) is 8.59. The maximum atomic E-state index is 14.3. The number of carbonyl (C=O) groups is 2. The molecule has 2 amide bonds. The van der Waals surface area contributed by atoms with Crippen LogP contribution in [0.3, 0.4) is 0 Å². The number of para-hydroxylation sites is 1. The lowest BCUT2D eigenvalue weighted by Gasteiger charge is -2.32. The number of methoxy groups -OCH3 is 2. The lowest BCUT2D eigenvalue weighted by atomic mass is 9.99. The first kappa shape index (κ1) is 29.4. The number of carbonyl (C=O) groups excluding carboxylic acids is 2. The molecule has 6 rings (SSSR count). The number of aromatic nitrogens is 1. The smallest absolute Gasteiger partial charge is 0.290 e. The van der Waals surface area contributed by atoms with Gasteiger partial charge in [-0.15, -0.1) is 0 Å². The highest BCUT2D eigenvalue weighted by atomic mass is 16.5. The number of nitrogens with one attached hydrogen (secondary N) is 1. The van der Waals surface area contributed by atoms with Crippen LogP contribution in [0.2, 0.25) is 0 Å². The summed E-state index contributed by atoms with van der Waals surface area (Å²) in [6.45, 7) is 3.24. The summed E-state index contributed by atoms with van der Waals surface area (Å²) < 4.78 is 18.8. The van der Waals surface area contributed by atoms with Gasteiger partial charge in [0.2, 0.25) is 5.91 Å². The molecule has 8 nitrogen and oxygen atoms in total. The lowest BCUT2D eigenvalue weighted by Crippen LogP contribution is -2.46. The molecule has 1 atom stereocenters. The Hall–Kier alpha value is -4.72.